The fourth-order valence-electron chi connectivity index (χ4n) is 4.38. The average molecular weight is 427 g/mol. The lowest BCUT2D eigenvalue weighted by Crippen LogP contribution is -2.46. The van der Waals surface area contributed by atoms with Crippen molar-refractivity contribution >= 4 is 33.0 Å². The van der Waals surface area contributed by atoms with Crippen LogP contribution in [0.25, 0.3) is 27.1 Å². The molecule has 0 saturated carbocycles. The summed E-state index contributed by atoms with van der Waals surface area (Å²) in [6, 6.07) is 18.8. The summed E-state index contributed by atoms with van der Waals surface area (Å²) >= 11 is 1.67. The Morgan fingerprint density at radius 2 is 1.71 bits per heavy atom. The third-order valence-electron chi connectivity index (χ3n) is 5.96. The van der Waals surface area contributed by atoms with E-state index in [0.717, 1.165) is 60.1 Å². The van der Waals surface area contributed by atoms with Crippen molar-refractivity contribution in [2.24, 2.45) is 0 Å². The standard InChI is InChI=1S/C24H22N6S/c1-2-6-18(7-3-1)22-20(30-10-5-4-8-21(30)27-22)16-28-11-13-29(14-12-28)23-19-9-15-31-24(19)26-17-25-23/h1-10,15,17H,11-14,16H2. The van der Waals surface area contributed by atoms with E-state index < -0.39 is 0 Å². The maximum absolute atomic E-state index is 4.95. The summed E-state index contributed by atoms with van der Waals surface area (Å²) in [6.45, 7) is 4.77. The van der Waals surface area contributed by atoms with Crippen molar-refractivity contribution in [3.05, 3.63) is 78.2 Å². The van der Waals surface area contributed by atoms with Crippen LogP contribution in [0.2, 0.25) is 0 Å². The average Bonchev–Trinajstić information content (AvgIpc) is 3.45. The van der Waals surface area contributed by atoms with Gasteiger partial charge in [-0.1, -0.05) is 36.4 Å². The first-order valence-corrected chi connectivity index (χ1v) is 11.4. The predicted octanol–water partition coefficient (Wildman–Crippen LogP) is 4.33. The first-order valence-electron chi connectivity index (χ1n) is 10.5. The molecule has 1 aromatic carbocycles. The highest BCUT2D eigenvalue weighted by molar-refractivity contribution is 7.16. The topological polar surface area (TPSA) is 49.6 Å². The monoisotopic (exact) mass is 426 g/mol. The molecular weight excluding hydrogens is 404 g/mol. The summed E-state index contributed by atoms with van der Waals surface area (Å²) in [5.41, 5.74) is 4.49. The Kier molecular flexibility index (Phi) is 4.62. The number of piperazine rings is 1. The second kappa shape index (κ2) is 7.76. The van der Waals surface area contributed by atoms with Crippen molar-refractivity contribution in [3.8, 4) is 11.3 Å². The highest BCUT2D eigenvalue weighted by atomic mass is 32.1. The van der Waals surface area contributed by atoms with Crippen LogP contribution in [0.4, 0.5) is 5.82 Å². The molecule has 1 fully saturated rings. The second-order valence-electron chi connectivity index (χ2n) is 7.80. The molecule has 1 saturated heterocycles. The number of nitrogens with zero attached hydrogens (tertiary/aromatic N) is 6. The zero-order valence-corrected chi connectivity index (χ0v) is 17.9. The molecule has 1 aliphatic heterocycles. The van der Waals surface area contributed by atoms with Gasteiger partial charge < -0.3 is 9.30 Å². The molecule has 1 aliphatic rings. The van der Waals surface area contributed by atoms with Crippen molar-refractivity contribution < 1.29 is 0 Å². The van der Waals surface area contributed by atoms with Crippen LogP contribution in [0, 0.1) is 0 Å². The lowest BCUT2D eigenvalue weighted by Gasteiger charge is -2.35. The first-order chi connectivity index (χ1) is 15.4. The zero-order chi connectivity index (χ0) is 20.6. The summed E-state index contributed by atoms with van der Waals surface area (Å²) in [5, 5.41) is 3.25. The van der Waals surface area contributed by atoms with Crippen LogP contribution in [0.1, 0.15) is 5.69 Å². The van der Waals surface area contributed by atoms with Crippen LogP contribution >= 0.6 is 11.3 Å². The molecule has 0 N–H and O–H groups in total. The van der Waals surface area contributed by atoms with E-state index in [1.807, 2.05) is 6.07 Å². The molecule has 0 bridgehead atoms. The molecule has 4 aromatic heterocycles. The van der Waals surface area contributed by atoms with Gasteiger partial charge >= 0.3 is 0 Å². The first kappa shape index (κ1) is 18.5. The fourth-order valence-corrected chi connectivity index (χ4v) is 5.11. The summed E-state index contributed by atoms with van der Waals surface area (Å²) < 4.78 is 2.23. The number of benzene rings is 1. The lowest BCUT2D eigenvalue weighted by molar-refractivity contribution is 0.246. The summed E-state index contributed by atoms with van der Waals surface area (Å²) in [7, 11) is 0. The number of rotatable bonds is 4. The van der Waals surface area contributed by atoms with Crippen LogP contribution in [0.15, 0.2) is 72.5 Å². The predicted molar refractivity (Wildman–Crippen MR) is 126 cm³/mol. The minimum absolute atomic E-state index is 0.876. The molecule has 0 unspecified atom stereocenters. The third kappa shape index (κ3) is 3.36. The van der Waals surface area contributed by atoms with E-state index in [0.29, 0.717) is 0 Å². The Bertz CT molecular complexity index is 1330. The van der Waals surface area contributed by atoms with Crippen LogP contribution < -0.4 is 4.90 Å². The van der Waals surface area contributed by atoms with Gasteiger partial charge in [-0.05, 0) is 23.6 Å². The van der Waals surface area contributed by atoms with Crippen molar-refractivity contribution in [2.45, 2.75) is 6.54 Å². The Hall–Kier alpha value is -3.29. The number of fused-ring (bicyclic) bond motifs is 2. The van der Waals surface area contributed by atoms with Crippen molar-refractivity contribution in [3.63, 3.8) is 0 Å². The number of hydrogen-bond acceptors (Lipinski definition) is 6. The molecule has 7 heteroatoms. The van der Waals surface area contributed by atoms with Gasteiger partial charge in [-0.15, -0.1) is 11.3 Å². The number of aromatic nitrogens is 4. The molecule has 5 aromatic rings. The molecule has 0 amide bonds. The lowest BCUT2D eigenvalue weighted by atomic mass is 10.1. The Morgan fingerprint density at radius 1 is 0.871 bits per heavy atom. The molecule has 31 heavy (non-hydrogen) atoms. The van der Waals surface area contributed by atoms with Crippen molar-refractivity contribution in [2.75, 3.05) is 31.1 Å². The van der Waals surface area contributed by atoms with Gasteiger partial charge in [-0.25, -0.2) is 15.0 Å². The number of anilines is 1. The highest BCUT2D eigenvalue weighted by Gasteiger charge is 2.23. The van der Waals surface area contributed by atoms with E-state index in [1.54, 1.807) is 17.7 Å². The smallest absolute Gasteiger partial charge is 0.140 e. The van der Waals surface area contributed by atoms with Gasteiger partial charge in [0.2, 0.25) is 0 Å². The van der Waals surface area contributed by atoms with E-state index in [9.17, 15) is 0 Å². The van der Waals surface area contributed by atoms with E-state index in [-0.39, 0.29) is 0 Å². The van der Waals surface area contributed by atoms with Gasteiger partial charge in [-0.2, -0.15) is 0 Å². The number of pyridine rings is 1. The molecule has 6 rings (SSSR count). The molecule has 6 nitrogen and oxygen atoms in total. The van der Waals surface area contributed by atoms with Gasteiger partial charge in [0, 0.05) is 44.5 Å². The fraction of sp³-hybridized carbons (Fsp3) is 0.208. The SMILES string of the molecule is c1ccc(-c2nc3ccccn3c2CN2CCN(c3ncnc4sccc34)CC2)cc1. The van der Waals surface area contributed by atoms with E-state index >= 15 is 0 Å². The number of thiophene rings is 1. The minimum atomic E-state index is 0.876. The minimum Gasteiger partial charge on any atom is -0.353 e. The molecule has 5 heterocycles. The summed E-state index contributed by atoms with van der Waals surface area (Å²) in [5.74, 6) is 1.06. The van der Waals surface area contributed by atoms with Crippen LogP contribution in [-0.2, 0) is 6.54 Å². The van der Waals surface area contributed by atoms with Gasteiger partial charge in [0.1, 0.15) is 22.6 Å². The van der Waals surface area contributed by atoms with Crippen LogP contribution in [0.3, 0.4) is 0 Å². The number of hydrogen-bond donors (Lipinski definition) is 0. The van der Waals surface area contributed by atoms with Gasteiger partial charge in [0.25, 0.3) is 0 Å². The van der Waals surface area contributed by atoms with Crippen LogP contribution in [0.5, 0.6) is 0 Å². The maximum Gasteiger partial charge on any atom is 0.140 e. The number of imidazole rings is 1. The molecular formula is C24H22N6S. The second-order valence-corrected chi connectivity index (χ2v) is 8.70. The summed E-state index contributed by atoms with van der Waals surface area (Å²) in [6.07, 6.45) is 3.81. The largest absolute Gasteiger partial charge is 0.353 e. The normalized spacial score (nSPS) is 15.2. The molecule has 0 aliphatic carbocycles. The van der Waals surface area contributed by atoms with E-state index in [2.05, 4.69) is 84.3 Å². The molecule has 154 valence electrons. The third-order valence-corrected chi connectivity index (χ3v) is 6.78. The van der Waals surface area contributed by atoms with E-state index in [1.165, 1.54) is 11.3 Å². The Morgan fingerprint density at radius 3 is 2.58 bits per heavy atom. The van der Waals surface area contributed by atoms with Gasteiger partial charge in [-0.3, -0.25) is 4.90 Å². The van der Waals surface area contributed by atoms with Gasteiger partial charge in [0.15, 0.2) is 0 Å². The Balaban J connectivity index is 1.26. The van der Waals surface area contributed by atoms with Crippen molar-refractivity contribution in [1.29, 1.82) is 0 Å². The van der Waals surface area contributed by atoms with Crippen molar-refractivity contribution in [1.82, 2.24) is 24.3 Å². The molecule has 0 spiro atoms. The Labute approximate surface area is 184 Å². The quantitative estimate of drug-likeness (QED) is 0.428. The highest BCUT2D eigenvalue weighted by Crippen LogP contribution is 2.29. The van der Waals surface area contributed by atoms with Crippen LogP contribution in [-0.4, -0.2) is 50.4 Å². The maximum atomic E-state index is 4.95. The zero-order valence-electron chi connectivity index (χ0n) is 17.1. The molecule has 0 atom stereocenters. The molecule has 0 radical (unpaired) electrons. The summed E-state index contributed by atoms with van der Waals surface area (Å²) in [4.78, 5) is 19.9. The van der Waals surface area contributed by atoms with E-state index in [4.69, 9.17) is 4.98 Å². The van der Waals surface area contributed by atoms with Gasteiger partial charge in [0.05, 0.1) is 16.8 Å².